The predicted octanol–water partition coefficient (Wildman–Crippen LogP) is 2.94. The van der Waals surface area contributed by atoms with Crippen LogP contribution in [0, 0.1) is 5.82 Å². The zero-order valence-corrected chi connectivity index (χ0v) is 13.6. The molecule has 1 aliphatic rings. The van der Waals surface area contributed by atoms with Gasteiger partial charge in [-0.25, -0.2) is 9.37 Å². The summed E-state index contributed by atoms with van der Waals surface area (Å²) in [6.45, 7) is 0. The van der Waals surface area contributed by atoms with E-state index in [0.29, 0.717) is 17.3 Å². The summed E-state index contributed by atoms with van der Waals surface area (Å²) in [5, 5.41) is 6.74. The molecule has 1 aromatic carbocycles. The first-order chi connectivity index (χ1) is 12.1. The van der Waals surface area contributed by atoms with Gasteiger partial charge in [0.1, 0.15) is 23.4 Å². The van der Waals surface area contributed by atoms with E-state index < -0.39 is 6.04 Å². The van der Waals surface area contributed by atoms with Gasteiger partial charge in [-0.2, -0.15) is 0 Å². The Morgan fingerprint density at radius 1 is 1.40 bits per heavy atom. The van der Waals surface area contributed by atoms with Crippen LogP contribution in [-0.2, 0) is 7.05 Å². The summed E-state index contributed by atoms with van der Waals surface area (Å²) in [6, 6.07) is 7.19. The number of carbonyl (C=O) groups is 1. The van der Waals surface area contributed by atoms with E-state index >= 15 is 0 Å². The highest BCUT2D eigenvalue weighted by Crippen LogP contribution is 2.40. The quantitative estimate of drug-likeness (QED) is 0.775. The maximum atomic E-state index is 13.7. The Balaban J connectivity index is 1.63. The van der Waals surface area contributed by atoms with Crippen LogP contribution in [0.25, 0.3) is 0 Å². The van der Waals surface area contributed by atoms with Gasteiger partial charge in [0.2, 0.25) is 0 Å². The first-order valence-corrected chi connectivity index (χ1v) is 8.12. The van der Waals surface area contributed by atoms with Crippen molar-refractivity contribution in [3.05, 3.63) is 71.4 Å². The number of halogens is 1. The number of aryl methyl sites for hydroxylation is 1. The molecule has 4 rings (SSSR count). The van der Waals surface area contributed by atoms with E-state index in [9.17, 15) is 9.18 Å². The molecule has 0 bridgehead atoms. The molecule has 7 heteroatoms. The molecule has 0 aliphatic heterocycles. The topological polar surface area (TPSA) is 73.0 Å². The molecular formula is C18H17FN4O2. The van der Waals surface area contributed by atoms with Crippen molar-refractivity contribution in [2.45, 2.75) is 24.8 Å². The van der Waals surface area contributed by atoms with Crippen molar-refractivity contribution < 1.29 is 13.7 Å². The van der Waals surface area contributed by atoms with E-state index in [1.54, 1.807) is 35.2 Å². The van der Waals surface area contributed by atoms with Crippen LogP contribution in [0.5, 0.6) is 0 Å². The summed E-state index contributed by atoms with van der Waals surface area (Å²) in [4.78, 5) is 16.9. The van der Waals surface area contributed by atoms with Crippen LogP contribution in [0.4, 0.5) is 4.39 Å². The molecular weight excluding hydrogens is 323 g/mol. The summed E-state index contributed by atoms with van der Waals surface area (Å²) >= 11 is 0. The van der Waals surface area contributed by atoms with Gasteiger partial charge >= 0.3 is 0 Å². The predicted molar refractivity (Wildman–Crippen MR) is 87.4 cm³/mol. The number of carbonyl (C=O) groups excluding carboxylic acids is 1. The van der Waals surface area contributed by atoms with Gasteiger partial charge in [0.25, 0.3) is 5.91 Å². The summed E-state index contributed by atoms with van der Waals surface area (Å²) in [5.74, 6) is 0.966. The molecule has 128 valence electrons. The first kappa shape index (κ1) is 15.6. The lowest BCUT2D eigenvalue weighted by molar-refractivity contribution is 0.0932. The molecule has 2 heterocycles. The zero-order chi connectivity index (χ0) is 17.4. The third-order valence-electron chi connectivity index (χ3n) is 4.31. The van der Waals surface area contributed by atoms with Crippen molar-refractivity contribution in [1.29, 1.82) is 0 Å². The van der Waals surface area contributed by atoms with E-state index in [2.05, 4.69) is 15.5 Å². The van der Waals surface area contributed by atoms with E-state index in [4.69, 9.17) is 4.52 Å². The number of aromatic nitrogens is 3. The van der Waals surface area contributed by atoms with Crippen molar-refractivity contribution in [3.63, 3.8) is 0 Å². The molecule has 1 fully saturated rings. The lowest BCUT2D eigenvalue weighted by atomic mass is 10.1. The molecule has 1 amide bonds. The van der Waals surface area contributed by atoms with Gasteiger partial charge in [-0.05, 0) is 30.5 Å². The maximum Gasteiger partial charge on any atom is 0.274 e. The number of rotatable bonds is 5. The van der Waals surface area contributed by atoms with Crippen LogP contribution in [0.2, 0.25) is 0 Å². The largest absolute Gasteiger partial charge is 0.360 e. The van der Waals surface area contributed by atoms with E-state index in [1.807, 2.05) is 7.05 Å². The highest BCUT2D eigenvalue weighted by molar-refractivity contribution is 5.92. The average Bonchev–Trinajstić information content (AvgIpc) is 3.17. The SMILES string of the molecule is Cn1ccnc1[C@@H](NC(=O)c1cc(C2CC2)on1)c1cccc(F)c1. The number of imidazole rings is 1. The van der Waals surface area contributed by atoms with E-state index in [-0.39, 0.29) is 17.4 Å². The molecule has 25 heavy (non-hydrogen) atoms. The van der Waals surface area contributed by atoms with Gasteiger partial charge in [-0.15, -0.1) is 0 Å². The van der Waals surface area contributed by atoms with Crippen molar-refractivity contribution in [3.8, 4) is 0 Å². The minimum atomic E-state index is -0.593. The molecule has 6 nitrogen and oxygen atoms in total. The van der Waals surface area contributed by atoms with E-state index in [0.717, 1.165) is 18.6 Å². The molecule has 0 radical (unpaired) electrons. The Bertz CT molecular complexity index is 913. The lowest BCUT2D eigenvalue weighted by Gasteiger charge is -2.18. The first-order valence-electron chi connectivity index (χ1n) is 8.12. The molecule has 2 aromatic heterocycles. The highest BCUT2D eigenvalue weighted by atomic mass is 19.1. The average molecular weight is 340 g/mol. The van der Waals surface area contributed by atoms with Crippen LogP contribution in [-0.4, -0.2) is 20.6 Å². The molecule has 1 aliphatic carbocycles. The van der Waals surface area contributed by atoms with Gasteiger partial charge in [-0.3, -0.25) is 4.79 Å². The standard InChI is InChI=1S/C18H17FN4O2/c1-23-8-7-20-17(23)16(12-3-2-4-13(19)9-12)21-18(24)14-10-15(25-22-14)11-5-6-11/h2-4,7-11,16H,5-6H2,1H3,(H,21,24)/t16-/m0/s1. The number of hydrogen-bond acceptors (Lipinski definition) is 4. The molecule has 1 N–H and O–H groups in total. The highest BCUT2D eigenvalue weighted by Gasteiger charge is 2.30. The molecule has 0 saturated heterocycles. The molecule has 3 aromatic rings. The van der Waals surface area contributed by atoms with Crippen LogP contribution in [0.1, 0.15) is 52.4 Å². The summed E-state index contributed by atoms with van der Waals surface area (Å²) in [7, 11) is 1.82. The molecule has 1 saturated carbocycles. The van der Waals surface area contributed by atoms with Crippen molar-refractivity contribution in [1.82, 2.24) is 20.0 Å². The Morgan fingerprint density at radius 2 is 2.24 bits per heavy atom. The second kappa shape index (κ2) is 6.16. The number of amides is 1. The number of nitrogens with one attached hydrogen (secondary N) is 1. The van der Waals surface area contributed by atoms with Gasteiger partial charge in [0.15, 0.2) is 5.69 Å². The Hall–Kier alpha value is -2.96. The van der Waals surface area contributed by atoms with Gasteiger partial charge in [0.05, 0.1) is 0 Å². The minimum Gasteiger partial charge on any atom is -0.360 e. The fourth-order valence-corrected chi connectivity index (χ4v) is 2.80. The second-order valence-electron chi connectivity index (χ2n) is 6.25. The molecule has 0 spiro atoms. The Morgan fingerprint density at radius 3 is 2.92 bits per heavy atom. The van der Waals surface area contributed by atoms with Gasteiger partial charge in [0, 0.05) is 31.4 Å². The zero-order valence-electron chi connectivity index (χ0n) is 13.6. The summed E-state index contributed by atoms with van der Waals surface area (Å²) < 4.78 is 20.7. The minimum absolute atomic E-state index is 0.220. The Kier molecular flexibility index (Phi) is 3.83. The maximum absolute atomic E-state index is 13.7. The van der Waals surface area contributed by atoms with Crippen LogP contribution in [0.15, 0.2) is 47.2 Å². The normalized spacial score (nSPS) is 15.1. The molecule has 0 unspecified atom stereocenters. The monoisotopic (exact) mass is 340 g/mol. The Labute approximate surface area is 143 Å². The van der Waals surface area contributed by atoms with Crippen LogP contribution < -0.4 is 5.32 Å². The summed E-state index contributed by atoms with van der Waals surface area (Å²) in [6.07, 6.45) is 5.54. The van der Waals surface area contributed by atoms with Crippen LogP contribution >= 0.6 is 0 Å². The van der Waals surface area contributed by atoms with Crippen molar-refractivity contribution in [2.75, 3.05) is 0 Å². The van der Waals surface area contributed by atoms with E-state index in [1.165, 1.54) is 12.1 Å². The number of benzene rings is 1. The third-order valence-corrected chi connectivity index (χ3v) is 4.31. The third kappa shape index (κ3) is 3.17. The smallest absolute Gasteiger partial charge is 0.274 e. The van der Waals surface area contributed by atoms with Crippen molar-refractivity contribution in [2.24, 2.45) is 7.05 Å². The van der Waals surface area contributed by atoms with Gasteiger partial charge < -0.3 is 14.4 Å². The number of hydrogen-bond donors (Lipinski definition) is 1. The molecule has 1 atom stereocenters. The van der Waals surface area contributed by atoms with Crippen molar-refractivity contribution >= 4 is 5.91 Å². The second-order valence-corrected chi connectivity index (χ2v) is 6.25. The fourth-order valence-electron chi connectivity index (χ4n) is 2.80. The van der Waals surface area contributed by atoms with Crippen LogP contribution in [0.3, 0.4) is 0 Å². The summed E-state index contributed by atoms with van der Waals surface area (Å²) in [5.41, 5.74) is 0.825. The lowest BCUT2D eigenvalue weighted by Crippen LogP contribution is -2.31. The number of nitrogens with zero attached hydrogens (tertiary/aromatic N) is 3. The fraction of sp³-hybridized carbons (Fsp3) is 0.278. The van der Waals surface area contributed by atoms with Gasteiger partial charge in [-0.1, -0.05) is 17.3 Å².